The Morgan fingerprint density at radius 3 is 2.81 bits per heavy atom. The number of nitrogens with zero attached hydrogens (tertiary/aromatic N) is 3. The molecule has 0 saturated heterocycles. The van der Waals surface area contributed by atoms with Crippen molar-refractivity contribution >= 4 is 17.6 Å². The normalized spacial score (nSPS) is 15.0. The highest BCUT2D eigenvalue weighted by Gasteiger charge is 2.31. The largest absolute Gasteiger partial charge is 0.384 e. The number of aromatic nitrogens is 3. The predicted molar refractivity (Wildman–Crippen MR) is 97.8 cm³/mol. The topological polar surface area (TPSA) is 112 Å². The van der Waals surface area contributed by atoms with Crippen LogP contribution in [0.15, 0.2) is 41.3 Å². The molecule has 2 aliphatic heterocycles. The molecule has 0 radical (unpaired) electrons. The first-order chi connectivity index (χ1) is 13.0. The van der Waals surface area contributed by atoms with Gasteiger partial charge in [0.15, 0.2) is 0 Å². The maximum atomic E-state index is 12.6. The minimum atomic E-state index is -0.602. The zero-order valence-corrected chi connectivity index (χ0v) is 14.2. The molecular formula is C19H15N5O3. The summed E-state index contributed by atoms with van der Waals surface area (Å²) in [5.41, 5.74) is 8.11. The van der Waals surface area contributed by atoms with Gasteiger partial charge in [0.2, 0.25) is 0 Å². The number of anilines is 1. The van der Waals surface area contributed by atoms with E-state index in [0.717, 1.165) is 42.5 Å². The summed E-state index contributed by atoms with van der Waals surface area (Å²) in [6.07, 6.45) is 3.85. The maximum absolute atomic E-state index is 12.6. The Bertz CT molecular complexity index is 1200. The molecule has 0 bridgehead atoms. The standard InChI is InChI=1S/C19H15N5O3/c20-17-16-12(18(26)22-19(16)27)8-15(25)24(17)11-4-1-3-10(7-11)13-9-21-14-5-2-6-23(13)14/h1,3-4,7-9H,2,5-6,20H2,(H,22,26,27). The zero-order chi connectivity index (χ0) is 18.7. The van der Waals surface area contributed by atoms with Crippen LogP contribution in [0.25, 0.3) is 16.9 Å². The molecule has 0 atom stereocenters. The van der Waals surface area contributed by atoms with Gasteiger partial charge in [0.1, 0.15) is 11.6 Å². The molecule has 8 nitrogen and oxygen atoms in total. The molecular weight excluding hydrogens is 346 g/mol. The molecule has 2 aliphatic rings. The lowest BCUT2D eigenvalue weighted by Crippen LogP contribution is -2.24. The Hall–Kier alpha value is -3.68. The highest BCUT2D eigenvalue weighted by atomic mass is 16.2. The molecule has 1 aromatic carbocycles. The minimum Gasteiger partial charge on any atom is -0.384 e. The molecule has 0 fully saturated rings. The number of aryl methyl sites for hydroxylation is 1. The number of hydrogen-bond acceptors (Lipinski definition) is 5. The molecule has 2 amide bonds. The SMILES string of the molecule is Nc1c2c(cc(=O)n1-c1cccc(-c3cnc4n3CCC4)c1)C(=O)NC2=O. The lowest BCUT2D eigenvalue weighted by molar-refractivity contribution is 0.0880. The van der Waals surface area contributed by atoms with Crippen molar-refractivity contribution in [1.82, 2.24) is 19.4 Å². The van der Waals surface area contributed by atoms with Crippen molar-refractivity contribution in [3.63, 3.8) is 0 Å². The average Bonchev–Trinajstić information content (AvgIpc) is 3.30. The lowest BCUT2D eigenvalue weighted by Gasteiger charge is -2.13. The summed E-state index contributed by atoms with van der Waals surface area (Å²) >= 11 is 0. The summed E-state index contributed by atoms with van der Waals surface area (Å²) in [7, 11) is 0. The predicted octanol–water partition coefficient (Wildman–Crippen LogP) is 1.11. The van der Waals surface area contributed by atoms with Crippen LogP contribution in [0.4, 0.5) is 5.82 Å². The molecule has 0 aliphatic carbocycles. The van der Waals surface area contributed by atoms with E-state index in [1.807, 2.05) is 24.4 Å². The fourth-order valence-corrected chi connectivity index (χ4v) is 3.84. The van der Waals surface area contributed by atoms with E-state index in [1.165, 1.54) is 4.57 Å². The Morgan fingerprint density at radius 2 is 1.96 bits per heavy atom. The Labute approximate surface area is 153 Å². The number of rotatable bonds is 2. The fourth-order valence-electron chi connectivity index (χ4n) is 3.84. The zero-order valence-electron chi connectivity index (χ0n) is 14.2. The third kappa shape index (κ3) is 2.16. The second-order valence-electron chi connectivity index (χ2n) is 6.64. The van der Waals surface area contributed by atoms with Crippen molar-refractivity contribution in [3.8, 4) is 16.9 Å². The van der Waals surface area contributed by atoms with E-state index in [2.05, 4.69) is 14.9 Å². The van der Waals surface area contributed by atoms with E-state index in [0.29, 0.717) is 5.69 Å². The molecule has 4 heterocycles. The van der Waals surface area contributed by atoms with E-state index < -0.39 is 17.4 Å². The highest BCUT2D eigenvalue weighted by Crippen LogP contribution is 2.28. The number of amides is 2. The highest BCUT2D eigenvalue weighted by molar-refractivity contribution is 6.23. The van der Waals surface area contributed by atoms with Crippen LogP contribution in [0, 0.1) is 0 Å². The summed E-state index contributed by atoms with van der Waals surface area (Å²) in [5.74, 6) is -0.183. The van der Waals surface area contributed by atoms with Crippen LogP contribution < -0.4 is 16.6 Å². The second-order valence-corrected chi connectivity index (χ2v) is 6.64. The number of imide groups is 1. The molecule has 3 N–H and O–H groups in total. The first-order valence-corrected chi connectivity index (χ1v) is 8.61. The van der Waals surface area contributed by atoms with Gasteiger partial charge in [-0.2, -0.15) is 0 Å². The van der Waals surface area contributed by atoms with Crippen LogP contribution in [0.1, 0.15) is 33.0 Å². The molecule has 0 saturated carbocycles. The number of nitrogens with two attached hydrogens (primary N) is 1. The molecule has 0 unspecified atom stereocenters. The van der Waals surface area contributed by atoms with Crippen molar-refractivity contribution in [2.24, 2.45) is 0 Å². The smallest absolute Gasteiger partial charge is 0.262 e. The molecule has 0 spiro atoms. The first kappa shape index (κ1) is 15.6. The molecule has 27 heavy (non-hydrogen) atoms. The number of carbonyl (C=O) groups excluding carboxylic acids is 2. The summed E-state index contributed by atoms with van der Waals surface area (Å²) in [6.45, 7) is 0.915. The van der Waals surface area contributed by atoms with E-state index in [4.69, 9.17) is 5.73 Å². The Balaban J connectivity index is 1.69. The van der Waals surface area contributed by atoms with Gasteiger partial charge in [0.25, 0.3) is 17.4 Å². The molecule has 134 valence electrons. The van der Waals surface area contributed by atoms with Crippen molar-refractivity contribution < 1.29 is 9.59 Å². The van der Waals surface area contributed by atoms with Crippen LogP contribution in [-0.2, 0) is 13.0 Å². The van der Waals surface area contributed by atoms with Gasteiger partial charge in [-0.15, -0.1) is 0 Å². The summed E-state index contributed by atoms with van der Waals surface area (Å²) in [5, 5.41) is 2.17. The van der Waals surface area contributed by atoms with Gasteiger partial charge in [0.05, 0.1) is 28.7 Å². The van der Waals surface area contributed by atoms with Crippen molar-refractivity contribution in [1.29, 1.82) is 0 Å². The van der Waals surface area contributed by atoms with Gasteiger partial charge in [0, 0.05) is 24.6 Å². The van der Waals surface area contributed by atoms with Gasteiger partial charge < -0.3 is 10.3 Å². The quantitative estimate of drug-likeness (QED) is 0.664. The average molecular weight is 361 g/mol. The van der Waals surface area contributed by atoms with Gasteiger partial charge >= 0.3 is 0 Å². The van der Waals surface area contributed by atoms with Gasteiger partial charge in [-0.3, -0.25) is 24.3 Å². The summed E-state index contributed by atoms with van der Waals surface area (Å²) in [4.78, 5) is 40.9. The molecule has 5 rings (SSSR count). The number of nitrogen functional groups attached to an aromatic ring is 1. The number of hydrogen-bond donors (Lipinski definition) is 2. The maximum Gasteiger partial charge on any atom is 0.262 e. The number of imidazole rings is 1. The van der Waals surface area contributed by atoms with E-state index in [-0.39, 0.29) is 16.9 Å². The summed E-state index contributed by atoms with van der Waals surface area (Å²) in [6, 6.07) is 8.49. The number of fused-ring (bicyclic) bond motifs is 2. The van der Waals surface area contributed by atoms with Gasteiger partial charge in [-0.25, -0.2) is 4.98 Å². The lowest BCUT2D eigenvalue weighted by atomic mass is 10.1. The van der Waals surface area contributed by atoms with Crippen molar-refractivity contribution in [2.75, 3.05) is 5.73 Å². The Morgan fingerprint density at radius 1 is 1.11 bits per heavy atom. The van der Waals surface area contributed by atoms with Crippen molar-refractivity contribution in [3.05, 3.63) is 63.8 Å². The van der Waals surface area contributed by atoms with E-state index >= 15 is 0 Å². The molecule has 3 aromatic rings. The number of benzene rings is 1. The first-order valence-electron chi connectivity index (χ1n) is 8.61. The number of carbonyl (C=O) groups is 2. The number of pyridine rings is 1. The van der Waals surface area contributed by atoms with E-state index in [9.17, 15) is 14.4 Å². The number of nitrogens with one attached hydrogen (secondary N) is 1. The molecule has 8 heteroatoms. The fraction of sp³-hybridized carbons (Fsp3) is 0.158. The van der Waals surface area contributed by atoms with Crippen LogP contribution in [0.3, 0.4) is 0 Å². The molecule has 2 aromatic heterocycles. The van der Waals surface area contributed by atoms with E-state index in [1.54, 1.807) is 6.07 Å². The van der Waals surface area contributed by atoms with Gasteiger partial charge in [-0.1, -0.05) is 12.1 Å². The van der Waals surface area contributed by atoms with Crippen LogP contribution in [-0.4, -0.2) is 25.9 Å². The minimum absolute atomic E-state index is 0.0171. The Kier molecular flexibility index (Phi) is 3.12. The monoisotopic (exact) mass is 361 g/mol. The second kappa shape index (κ2) is 5.41. The third-order valence-electron chi connectivity index (χ3n) is 5.07. The van der Waals surface area contributed by atoms with Crippen LogP contribution in [0.5, 0.6) is 0 Å². The van der Waals surface area contributed by atoms with Crippen LogP contribution in [0.2, 0.25) is 0 Å². The van der Waals surface area contributed by atoms with Crippen molar-refractivity contribution in [2.45, 2.75) is 19.4 Å². The van der Waals surface area contributed by atoms with Crippen LogP contribution >= 0.6 is 0 Å². The summed E-state index contributed by atoms with van der Waals surface area (Å²) < 4.78 is 3.42. The third-order valence-corrected chi connectivity index (χ3v) is 5.07. The van der Waals surface area contributed by atoms with Gasteiger partial charge in [-0.05, 0) is 18.6 Å².